The van der Waals surface area contributed by atoms with Gasteiger partial charge in [0.25, 0.3) is 0 Å². The molecule has 0 aliphatic carbocycles. The quantitative estimate of drug-likeness (QED) is 0.696. The molecule has 0 amide bonds. The molecule has 0 unspecified atom stereocenters. The van der Waals surface area contributed by atoms with Gasteiger partial charge in [0.2, 0.25) is 0 Å². The Bertz CT molecular complexity index is 445. The number of pyridine rings is 1. The lowest BCUT2D eigenvalue weighted by Gasteiger charge is -1.98. The van der Waals surface area contributed by atoms with Crippen LogP contribution in [0.15, 0.2) is 23.0 Å². The summed E-state index contributed by atoms with van der Waals surface area (Å²) in [6.07, 6.45) is 2.76. The zero-order valence-electron chi connectivity index (χ0n) is 7.91. The zero-order chi connectivity index (χ0) is 10.1. The van der Waals surface area contributed by atoms with E-state index >= 15 is 0 Å². The maximum atomic E-state index is 12.9. The van der Waals surface area contributed by atoms with Gasteiger partial charge in [-0.3, -0.25) is 4.98 Å². The largest absolute Gasteiger partial charge is 0.361 e. The normalized spacial score (nSPS) is 10.5. The summed E-state index contributed by atoms with van der Waals surface area (Å²) in [5.74, 6) is 0.317. The van der Waals surface area contributed by atoms with Gasteiger partial charge in [-0.15, -0.1) is 0 Å². The van der Waals surface area contributed by atoms with E-state index in [0.717, 1.165) is 11.3 Å². The molecule has 0 spiro atoms. The van der Waals surface area contributed by atoms with Gasteiger partial charge in [-0.2, -0.15) is 0 Å². The molecule has 4 heteroatoms. The molecule has 2 aromatic heterocycles. The summed E-state index contributed by atoms with van der Waals surface area (Å²) < 4.78 is 17.9. The van der Waals surface area contributed by atoms with Crippen molar-refractivity contribution in [3.8, 4) is 11.1 Å². The predicted molar refractivity (Wildman–Crippen MR) is 49.2 cm³/mol. The lowest BCUT2D eigenvalue weighted by atomic mass is 10.1. The fourth-order valence-electron chi connectivity index (χ4n) is 1.44. The van der Waals surface area contributed by atoms with Crippen LogP contribution in [0.25, 0.3) is 11.1 Å². The molecule has 0 aliphatic rings. The second-order valence-electron chi connectivity index (χ2n) is 3.09. The van der Waals surface area contributed by atoms with Crippen molar-refractivity contribution in [3.63, 3.8) is 0 Å². The molecule has 0 N–H and O–H groups in total. The Balaban J connectivity index is 2.59. The van der Waals surface area contributed by atoms with E-state index in [0.29, 0.717) is 11.3 Å². The van der Waals surface area contributed by atoms with Gasteiger partial charge in [0.1, 0.15) is 11.6 Å². The van der Waals surface area contributed by atoms with Gasteiger partial charge >= 0.3 is 0 Å². The van der Waals surface area contributed by atoms with Crippen LogP contribution in [0.1, 0.15) is 11.5 Å². The maximum Gasteiger partial charge on any atom is 0.142 e. The molecule has 0 radical (unpaired) electrons. The van der Waals surface area contributed by atoms with Crippen LogP contribution >= 0.6 is 0 Å². The van der Waals surface area contributed by atoms with E-state index in [4.69, 9.17) is 4.52 Å². The van der Waals surface area contributed by atoms with Crippen LogP contribution < -0.4 is 0 Å². The Kier molecular flexibility index (Phi) is 2.04. The van der Waals surface area contributed by atoms with Crippen LogP contribution in [0.5, 0.6) is 0 Å². The minimum Gasteiger partial charge on any atom is -0.361 e. The molecule has 2 rings (SSSR count). The van der Waals surface area contributed by atoms with Gasteiger partial charge in [-0.25, -0.2) is 4.39 Å². The number of aromatic nitrogens is 2. The van der Waals surface area contributed by atoms with Crippen molar-refractivity contribution in [1.29, 1.82) is 0 Å². The second kappa shape index (κ2) is 3.21. The van der Waals surface area contributed by atoms with Crippen molar-refractivity contribution in [2.24, 2.45) is 0 Å². The lowest BCUT2D eigenvalue weighted by Crippen LogP contribution is -1.85. The molecule has 0 saturated carbocycles. The topological polar surface area (TPSA) is 38.9 Å². The minimum absolute atomic E-state index is 0.359. The first-order valence-electron chi connectivity index (χ1n) is 4.22. The van der Waals surface area contributed by atoms with E-state index in [2.05, 4.69) is 10.1 Å². The Morgan fingerprint density at radius 3 is 2.64 bits per heavy atom. The summed E-state index contributed by atoms with van der Waals surface area (Å²) in [7, 11) is 0. The number of nitrogens with zero attached hydrogens (tertiary/aromatic N) is 2. The van der Waals surface area contributed by atoms with Gasteiger partial charge in [-0.1, -0.05) is 5.16 Å². The Morgan fingerprint density at radius 1 is 1.29 bits per heavy atom. The average Bonchev–Trinajstić information content (AvgIpc) is 2.46. The van der Waals surface area contributed by atoms with E-state index in [1.165, 1.54) is 12.3 Å². The highest BCUT2D eigenvalue weighted by atomic mass is 19.1. The molecular formula is C10H9FN2O. The van der Waals surface area contributed by atoms with Crippen molar-refractivity contribution < 1.29 is 8.91 Å². The molecule has 2 aromatic rings. The standard InChI is InChI=1S/C10H9FN2O/c1-6-10(7(2)14-13-6)8-3-9(11)5-12-4-8/h3-5H,1-2H3. The lowest BCUT2D eigenvalue weighted by molar-refractivity contribution is 0.393. The molecule has 72 valence electrons. The number of hydrogen-bond donors (Lipinski definition) is 0. The summed E-state index contributed by atoms with van der Waals surface area (Å²) >= 11 is 0. The molecule has 0 aliphatic heterocycles. The van der Waals surface area contributed by atoms with Gasteiger partial charge < -0.3 is 4.52 Å². The summed E-state index contributed by atoms with van der Waals surface area (Å²) in [6.45, 7) is 3.61. The predicted octanol–water partition coefficient (Wildman–Crippen LogP) is 2.49. The first-order chi connectivity index (χ1) is 6.68. The van der Waals surface area contributed by atoms with E-state index in [1.54, 1.807) is 13.1 Å². The Hall–Kier alpha value is -1.71. The SMILES string of the molecule is Cc1noc(C)c1-c1cncc(F)c1. The maximum absolute atomic E-state index is 12.9. The van der Waals surface area contributed by atoms with Crippen LogP contribution in [-0.4, -0.2) is 10.1 Å². The monoisotopic (exact) mass is 192 g/mol. The first-order valence-corrected chi connectivity index (χ1v) is 4.22. The third kappa shape index (κ3) is 1.39. The van der Waals surface area contributed by atoms with Crippen LogP contribution in [0.4, 0.5) is 4.39 Å². The van der Waals surface area contributed by atoms with Crippen LogP contribution in [0, 0.1) is 19.7 Å². The van der Waals surface area contributed by atoms with Crippen molar-refractivity contribution >= 4 is 0 Å². The van der Waals surface area contributed by atoms with Crippen molar-refractivity contribution in [2.75, 3.05) is 0 Å². The number of halogens is 1. The van der Waals surface area contributed by atoms with E-state index in [-0.39, 0.29) is 5.82 Å². The number of rotatable bonds is 1. The fraction of sp³-hybridized carbons (Fsp3) is 0.200. The van der Waals surface area contributed by atoms with Gasteiger partial charge in [0.05, 0.1) is 11.9 Å². The smallest absolute Gasteiger partial charge is 0.142 e. The highest BCUT2D eigenvalue weighted by Gasteiger charge is 2.11. The highest BCUT2D eigenvalue weighted by molar-refractivity contribution is 5.66. The molecule has 0 bridgehead atoms. The van der Waals surface area contributed by atoms with Crippen molar-refractivity contribution in [1.82, 2.24) is 10.1 Å². The van der Waals surface area contributed by atoms with Crippen molar-refractivity contribution in [2.45, 2.75) is 13.8 Å². The molecule has 0 aromatic carbocycles. The Morgan fingerprint density at radius 2 is 2.07 bits per heavy atom. The van der Waals surface area contributed by atoms with Crippen LogP contribution in [0.3, 0.4) is 0 Å². The molecular weight excluding hydrogens is 183 g/mol. The third-order valence-corrected chi connectivity index (χ3v) is 2.03. The molecule has 2 heterocycles. The minimum atomic E-state index is -0.359. The van der Waals surface area contributed by atoms with Gasteiger partial charge in [0.15, 0.2) is 0 Å². The molecule has 3 nitrogen and oxygen atoms in total. The Labute approximate surface area is 80.6 Å². The molecule has 0 saturated heterocycles. The molecule has 0 atom stereocenters. The first kappa shape index (κ1) is 8.87. The zero-order valence-corrected chi connectivity index (χ0v) is 7.91. The van der Waals surface area contributed by atoms with Crippen LogP contribution in [-0.2, 0) is 0 Å². The number of aryl methyl sites for hydroxylation is 2. The average molecular weight is 192 g/mol. The summed E-state index contributed by atoms with van der Waals surface area (Å²) in [5, 5.41) is 3.80. The van der Waals surface area contributed by atoms with Gasteiger partial charge in [0, 0.05) is 17.3 Å². The molecule has 0 fully saturated rings. The van der Waals surface area contributed by atoms with E-state index in [1.807, 2.05) is 6.92 Å². The van der Waals surface area contributed by atoms with E-state index in [9.17, 15) is 4.39 Å². The molecule has 14 heavy (non-hydrogen) atoms. The fourth-order valence-corrected chi connectivity index (χ4v) is 1.44. The summed E-state index contributed by atoms with van der Waals surface area (Å²) in [4.78, 5) is 3.78. The highest BCUT2D eigenvalue weighted by Crippen LogP contribution is 2.26. The number of hydrogen-bond acceptors (Lipinski definition) is 3. The third-order valence-electron chi connectivity index (χ3n) is 2.03. The summed E-state index contributed by atoms with van der Waals surface area (Å²) in [6, 6.07) is 1.42. The van der Waals surface area contributed by atoms with Crippen LogP contribution in [0.2, 0.25) is 0 Å². The second-order valence-corrected chi connectivity index (χ2v) is 3.09. The van der Waals surface area contributed by atoms with Crippen molar-refractivity contribution in [3.05, 3.63) is 35.7 Å². The summed E-state index contributed by atoms with van der Waals surface area (Å²) in [5.41, 5.74) is 2.26. The van der Waals surface area contributed by atoms with Gasteiger partial charge in [-0.05, 0) is 19.9 Å². The van der Waals surface area contributed by atoms with E-state index < -0.39 is 0 Å².